The van der Waals surface area contributed by atoms with Crippen molar-refractivity contribution in [2.75, 3.05) is 12.9 Å². The Kier molecular flexibility index (Phi) is 15.0. The summed E-state index contributed by atoms with van der Waals surface area (Å²) < 4.78 is 45.1. The van der Waals surface area contributed by atoms with E-state index in [4.69, 9.17) is 4.74 Å². The van der Waals surface area contributed by atoms with E-state index in [1.54, 1.807) is 42.5 Å². The van der Waals surface area contributed by atoms with E-state index >= 15 is 0 Å². The maximum Gasteiger partial charge on any atom is 0.264 e. The van der Waals surface area contributed by atoms with Gasteiger partial charge < -0.3 is 9.29 Å². The van der Waals surface area contributed by atoms with Crippen LogP contribution in [0.2, 0.25) is 0 Å². The van der Waals surface area contributed by atoms with E-state index in [-0.39, 0.29) is 14.8 Å². The Morgan fingerprint density at radius 2 is 1.24 bits per heavy atom. The number of fused-ring (bicyclic) bond motifs is 1. The molecule has 0 aliphatic carbocycles. The Labute approximate surface area is 251 Å². The predicted octanol–water partition coefficient (Wildman–Crippen LogP) is 9.45. The van der Waals surface area contributed by atoms with Gasteiger partial charge in [-0.05, 0) is 42.8 Å². The van der Waals surface area contributed by atoms with Crippen molar-refractivity contribution in [3.8, 4) is 5.75 Å². The van der Waals surface area contributed by atoms with Crippen LogP contribution in [0.15, 0.2) is 69.4 Å². The van der Waals surface area contributed by atoms with Gasteiger partial charge in [-0.3, -0.25) is 0 Å². The molecule has 0 saturated heterocycles. The Balaban J connectivity index is 1.31. The first-order valence-electron chi connectivity index (χ1n) is 15.6. The molecule has 0 radical (unpaired) electrons. The number of benzene rings is 2. The van der Waals surface area contributed by atoms with Crippen LogP contribution in [-0.4, -0.2) is 30.8 Å². The number of nitrogens with zero attached hydrogens (tertiary/aromatic N) is 1. The zero-order chi connectivity index (χ0) is 29.3. The van der Waals surface area contributed by atoms with Crippen LogP contribution in [0.25, 0.3) is 10.9 Å². The Bertz CT molecular complexity index is 1260. The fourth-order valence-corrected chi connectivity index (χ4v) is 7.72. The molecule has 0 spiro atoms. The minimum absolute atomic E-state index is 0.0149. The Morgan fingerprint density at radius 1 is 0.732 bits per heavy atom. The average Bonchev–Trinajstić information content (AvgIpc) is 2.98. The third-order valence-corrected chi connectivity index (χ3v) is 10.4. The molecule has 0 N–H and O–H groups in total. The summed E-state index contributed by atoms with van der Waals surface area (Å²) in [6.07, 6.45) is 22.8. The molecule has 3 rings (SSSR count). The highest BCUT2D eigenvalue weighted by Crippen LogP contribution is 2.30. The van der Waals surface area contributed by atoms with E-state index in [9.17, 15) is 13.0 Å². The van der Waals surface area contributed by atoms with Crippen LogP contribution in [0.1, 0.15) is 110 Å². The maximum atomic E-state index is 13.4. The van der Waals surface area contributed by atoms with E-state index in [0.29, 0.717) is 23.3 Å². The molecule has 1 unspecified atom stereocenters. The summed E-state index contributed by atoms with van der Waals surface area (Å²) in [6.45, 7) is 2.90. The summed E-state index contributed by atoms with van der Waals surface area (Å²) in [5.74, 6) is 0.654. The van der Waals surface area contributed by atoms with Gasteiger partial charge in [0.2, 0.25) is 9.84 Å². The standard InChI is InChI=1S/C34H49NO4S2/c1-3-4-5-6-7-8-9-10-11-12-13-14-15-16-17-20-27-39-30-23-25-31(26-24-30)41(37,38)33-28-29-21-18-19-22-32(29)35-34(33)40(2)36/h18-19,21-26,28H,3-17,20,27H2,1-2H3. The second kappa shape index (κ2) is 18.4. The molecule has 0 bridgehead atoms. The number of aromatic nitrogens is 1. The largest absolute Gasteiger partial charge is 0.610 e. The van der Waals surface area contributed by atoms with Gasteiger partial charge >= 0.3 is 0 Å². The third kappa shape index (κ3) is 11.3. The second-order valence-corrected chi connectivity index (χ2v) is 14.3. The first kappa shape index (κ1) is 33.4. The van der Waals surface area contributed by atoms with Gasteiger partial charge in [0, 0.05) is 16.6 Å². The fraction of sp³-hybridized carbons (Fsp3) is 0.559. The van der Waals surface area contributed by atoms with Crippen LogP contribution >= 0.6 is 0 Å². The molecule has 1 atom stereocenters. The molecule has 226 valence electrons. The summed E-state index contributed by atoms with van der Waals surface area (Å²) in [6, 6.07) is 15.3. The molecule has 7 heteroatoms. The van der Waals surface area contributed by atoms with Crippen molar-refractivity contribution in [2.45, 2.75) is 124 Å². The number of rotatable bonds is 21. The van der Waals surface area contributed by atoms with Crippen molar-refractivity contribution in [1.29, 1.82) is 0 Å². The van der Waals surface area contributed by atoms with Gasteiger partial charge in [0.1, 0.15) is 16.9 Å². The van der Waals surface area contributed by atoms with Gasteiger partial charge in [-0.1, -0.05) is 121 Å². The summed E-state index contributed by atoms with van der Waals surface area (Å²) in [7, 11) is -3.89. The fourth-order valence-electron chi connectivity index (χ4n) is 5.16. The maximum absolute atomic E-state index is 13.4. The van der Waals surface area contributed by atoms with Crippen molar-refractivity contribution in [3.63, 3.8) is 0 Å². The summed E-state index contributed by atoms with van der Waals surface area (Å²) in [5.41, 5.74) is 0.620. The van der Waals surface area contributed by atoms with E-state index < -0.39 is 21.0 Å². The summed E-state index contributed by atoms with van der Waals surface area (Å²) in [5, 5.41) is 0.770. The average molecular weight is 600 g/mol. The second-order valence-electron chi connectivity index (χ2n) is 11.1. The number of sulfone groups is 1. The van der Waals surface area contributed by atoms with Crippen molar-refractivity contribution >= 4 is 31.9 Å². The smallest absolute Gasteiger partial charge is 0.264 e. The first-order chi connectivity index (χ1) is 19.9. The molecule has 5 nitrogen and oxygen atoms in total. The molecule has 0 fully saturated rings. The minimum atomic E-state index is -3.89. The molecule has 0 aliphatic rings. The zero-order valence-corrected chi connectivity index (χ0v) is 26.7. The van der Waals surface area contributed by atoms with E-state index in [1.807, 2.05) is 12.1 Å². The number of ether oxygens (including phenoxy) is 1. The molecule has 0 amide bonds. The van der Waals surface area contributed by atoms with Gasteiger partial charge in [0.15, 0.2) is 0 Å². The third-order valence-electron chi connectivity index (χ3n) is 7.62. The van der Waals surface area contributed by atoms with Gasteiger partial charge in [0.25, 0.3) is 5.03 Å². The molecule has 1 heterocycles. The highest BCUT2D eigenvalue weighted by molar-refractivity contribution is 7.94. The van der Waals surface area contributed by atoms with Crippen molar-refractivity contribution in [3.05, 3.63) is 54.6 Å². The van der Waals surface area contributed by atoms with Gasteiger partial charge in [-0.15, -0.1) is 0 Å². The zero-order valence-electron chi connectivity index (χ0n) is 25.1. The summed E-state index contributed by atoms with van der Waals surface area (Å²) in [4.78, 5) is 4.51. The van der Waals surface area contributed by atoms with E-state index in [2.05, 4.69) is 11.9 Å². The lowest BCUT2D eigenvalue weighted by atomic mass is 10.0. The molecular formula is C34H49NO4S2. The quantitative estimate of drug-likeness (QED) is 0.0900. The molecule has 3 aromatic rings. The highest BCUT2D eigenvalue weighted by atomic mass is 32.2. The van der Waals surface area contributed by atoms with Gasteiger partial charge in [-0.2, -0.15) is 0 Å². The van der Waals surface area contributed by atoms with Crippen LogP contribution < -0.4 is 4.74 Å². The van der Waals surface area contributed by atoms with Gasteiger partial charge in [0.05, 0.1) is 17.0 Å². The summed E-state index contributed by atoms with van der Waals surface area (Å²) >= 11 is -1.55. The first-order valence-corrected chi connectivity index (χ1v) is 18.7. The van der Waals surface area contributed by atoms with Crippen molar-refractivity contribution in [2.24, 2.45) is 0 Å². The van der Waals surface area contributed by atoms with Crippen LogP contribution in [0.3, 0.4) is 0 Å². The minimum Gasteiger partial charge on any atom is -0.610 e. The van der Waals surface area contributed by atoms with Crippen molar-refractivity contribution in [1.82, 2.24) is 4.98 Å². The predicted molar refractivity (Wildman–Crippen MR) is 171 cm³/mol. The molecule has 0 saturated carbocycles. The van der Waals surface area contributed by atoms with Crippen molar-refractivity contribution < 1.29 is 17.7 Å². The lowest BCUT2D eigenvalue weighted by molar-refractivity contribution is 0.304. The Hall–Kier alpha value is -2.09. The molecule has 0 aliphatic heterocycles. The highest BCUT2D eigenvalue weighted by Gasteiger charge is 2.28. The number of hydrogen-bond donors (Lipinski definition) is 0. The molecule has 2 aromatic carbocycles. The molecular weight excluding hydrogens is 551 g/mol. The monoisotopic (exact) mass is 599 g/mol. The topological polar surface area (TPSA) is 79.3 Å². The number of hydrogen-bond acceptors (Lipinski definition) is 5. The van der Waals surface area contributed by atoms with Gasteiger partial charge in [-0.25, -0.2) is 13.4 Å². The number of para-hydroxylation sites is 1. The normalized spacial score (nSPS) is 12.6. The van der Waals surface area contributed by atoms with E-state index in [0.717, 1.165) is 12.8 Å². The molecule has 41 heavy (non-hydrogen) atoms. The van der Waals surface area contributed by atoms with E-state index in [1.165, 1.54) is 96.1 Å². The Morgan fingerprint density at radius 3 is 1.78 bits per heavy atom. The lowest BCUT2D eigenvalue weighted by Gasteiger charge is -2.12. The lowest BCUT2D eigenvalue weighted by Crippen LogP contribution is -2.11. The van der Waals surface area contributed by atoms with Crippen LogP contribution in [-0.2, 0) is 21.0 Å². The van der Waals surface area contributed by atoms with Crippen LogP contribution in [0, 0.1) is 0 Å². The number of pyridine rings is 1. The number of unbranched alkanes of at least 4 members (excludes halogenated alkanes) is 15. The van der Waals surface area contributed by atoms with Crippen LogP contribution in [0.5, 0.6) is 5.75 Å². The molecule has 1 aromatic heterocycles. The SMILES string of the molecule is CCCCCCCCCCCCCCCCCCOc1ccc(S(=O)(=O)c2cc3ccccc3nc2[S+](C)[O-])cc1. The van der Waals surface area contributed by atoms with Crippen LogP contribution in [0.4, 0.5) is 0 Å².